The molecule has 0 aliphatic carbocycles. The maximum atomic E-state index is 13.6. The molecule has 0 radical (unpaired) electrons. The fourth-order valence-corrected chi connectivity index (χ4v) is 2.36. The predicted molar refractivity (Wildman–Crippen MR) is 97.4 cm³/mol. The minimum atomic E-state index is -0.288. The smallest absolute Gasteiger partial charge is 0.257 e. The summed E-state index contributed by atoms with van der Waals surface area (Å²) in [6, 6.07) is 15.0. The molecule has 0 atom stereocenters. The lowest BCUT2D eigenvalue weighted by Gasteiger charge is -2.09. The summed E-state index contributed by atoms with van der Waals surface area (Å²) in [5, 5.41) is 6.43. The number of nitrogens with one attached hydrogen (secondary N) is 2. The maximum absolute atomic E-state index is 13.6. The molecule has 0 bridgehead atoms. The first-order chi connectivity index (χ1) is 12.1. The summed E-state index contributed by atoms with van der Waals surface area (Å²) in [4.78, 5) is 16.4. The number of carbonyl (C=O) groups is 1. The normalized spacial score (nSPS) is 10.3. The lowest BCUT2D eigenvalue weighted by atomic mass is 10.2. The van der Waals surface area contributed by atoms with Crippen molar-refractivity contribution in [3.63, 3.8) is 0 Å². The van der Waals surface area contributed by atoms with Gasteiger partial charge in [0.15, 0.2) is 0 Å². The van der Waals surface area contributed by atoms with Crippen molar-refractivity contribution in [2.45, 2.75) is 6.54 Å². The van der Waals surface area contributed by atoms with Gasteiger partial charge in [-0.15, -0.1) is 0 Å². The van der Waals surface area contributed by atoms with E-state index in [4.69, 9.17) is 11.6 Å². The number of nitrogens with zero attached hydrogens (tertiary/aromatic N) is 1. The second-order valence-corrected chi connectivity index (χ2v) is 5.80. The highest BCUT2D eigenvalue weighted by Crippen LogP contribution is 2.16. The molecule has 0 aliphatic rings. The van der Waals surface area contributed by atoms with Crippen molar-refractivity contribution in [3.05, 3.63) is 89.0 Å². The molecule has 0 saturated carbocycles. The van der Waals surface area contributed by atoms with Gasteiger partial charge in [0.25, 0.3) is 5.91 Å². The van der Waals surface area contributed by atoms with Crippen LogP contribution in [-0.2, 0) is 6.54 Å². The number of rotatable bonds is 5. The van der Waals surface area contributed by atoms with Crippen molar-refractivity contribution in [2.24, 2.45) is 0 Å². The van der Waals surface area contributed by atoms with E-state index in [1.54, 1.807) is 54.7 Å². The molecule has 2 N–H and O–H groups in total. The summed E-state index contributed by atoms with van der Waals surface area (Å²) in [7, 11) is 0. The molecule has 1 amide bonds. The Morgan fingerprint density at radius 2 is 1.80 bits per heavy atom. The first kappa shape index (κ1) is 16.9. The zero-order valence-electron chi connectivity index (χ0n) is 13.2. The van der Waals surface area contributed by atoms with Gasteiger partial charge in [0.05, 0.1) is 11.3 Å². The van der Waals surface area contributed by atoms with E-state index in [0.29, 0.717) is 34.1 Å². The van der Waals surface area contributed by atoms with E-state index in [1.165, 1.54) is 12.3 Å². The van der Waals surface area contributed by atoms with Crippen LogP contribution in [0.1, 0.15) is 15.9 Å². The van der Waals surface area contributed by atoms with Crippen LogP contribution in [-0.4, -0.2) is 10.9 Å². The first-order valence-electron chi connectivity index (χ1n) is 7.61. The maximum Gasteiger partial charge on any atom is 0.257 e. The highest BCUT2D eigenvalue weighted by atomic mass is 35.5. The van der Waals surface area contributed by atoms with Crippen molar-refractivity contribution in [1.82, 2.24) is 4.98 Å². The fourth-order valence-electron chi connectivity index (χ4n) is 2.24. The number of carbonyl (C=O) groups excluding carboxylic acids is 1. The number of hydrogen-bond acceptors (Lipinski definition) is 3. The standard InChI is InChI=1S/C19H15ClFN3O/c20-15-5-7-16(8-6-15)24-19(25)14-9-17(12-22-10-14)23-11-13-3-1-2-4-18(13)21/h1-10,12,23H,11H2,(H,24,25). The van der Waals surface area contributed by atoms with Gasteiger partial charge in [-0.1, -0.05) is 29.8 Å². The molecule has 0 fully saturated rings. The summed E-state index contributed by atoms with van der Waals surface area (Å²) < 4.78 is 13.6. The molecule has 2 aromatic carbocycles. The van der Waals surface area contributed by atoms with E-state index in [-0.39, 0.29) is 11.7 Å². The van der Waals surface area contributed by atoms with Gasteiger partial charge in [0.2, 0.25) is 0 Å². The highest BCUT2D eigenvalue weighted by Gasteiger charge is 2.08. The van der Waals surface area contributed by atoms with E-state index in [1.807, 2.05) is 0 Å². The van der Waals surface area contributed by atoms with Crippen molar-refractivity contribution in [3.8, 4) is 0 Å². The van der Waals surface area contributed by atoms with Crippen LogP contribution in [0.2, 0.25) is 5.02 Å². The van der Waals surface area contributed by atoms with E-state index in [9.17, 15) is 9.18 Å². The average Bonchev–Trinajstić information content (AvgIpc) is 2.63. The topological polar surface area (TPSA) is 54.0 Å². The molecule has 0 aliphatic heterocycles. The van der Waals surface area contributed by atoms with E-state index in [0.717, 1.165) is 0 Å². The molecule has 3 aromatic rings. The Bertz CT molecular complexity index is 884. The highest BCUT2D eigenvalue weighted by molar-refractivity contribution is 6.30. The Morgan fingerprint density at radius 1 is 1.04 bits per heavy atom. The van der Waals surface area contributed by atoms with E-state index in [2.05, 4.69) is 15.6 Å². The largest absolute Gasteiger partial charge is 0.380 e. The van der Waals surface area contributed by atoms with Crippen LogP contribution in [0.5, 0.6) is 0 Å². The van der Waals surface area contributed by atoms with Crippen molar-refractivity contribution in [1.29, 1.82) is 0 Å². The number of amides is 1. The van der Waals surface area contributed by atoms with Crippen molar-refractivity contribution in [2.75, 3.05) is 10.6 Å². The summed E-state index contributed by atoms with van der Waals surface area (Å²) >= 11 is 5.82. The molecule has 6 heteroatoms. The van der Waals surface area contributed by atoms with E-state index >= 15 is 0 Å². The number of hydrogen-bond donors (Lipinski definition) is 2. The average molecular weight is 356 g/mol. The van der Waals surface area contributed by atoms with Crippen LogP contribution in [0, 0.1) is 5.82 Å². The molecule has 0 spiro atoms. The van der Waals surface area contributed by atoms with Crippen LogP contribution in [0.3, 0.4) is 0 Å². The third kappa shape index (κ3) is 4.55. The van der Waals surface area contributed by atoms with Crippen LogP contribution in [0.4, 0.5) is 15.8 Å². The predicted octanol–water partition coefficient (Wildman–Crippen LogP) is 4.74. The molecule has 4 nitrogen and oxygen atoms in total. The Balaban J connectivity index is 1.67. The molecule has 1 heterocycles. The lowest BCUT2D eigenvalue weighted by Crippen LogP contribution is -2.12. The van der Waals surface area contributed by atoms with E-state index < -0.39 is 0 Å². The SMILES string of the molecule is O=C(Nc1ccc(Cl)cc1)c1cncc(NCc2ccccc2F)c1. The van der Waals surface area contributed by atoms with Crippen LogP contribution < -0.4 is 10.6 Å². The van der Waals surface area contributed by atoms with Crippen LogP contribution in [0.25, 0.3) is 0 Å². The van der Waals surface area contributed by atoms with Crippen molar-refractivity contribution >= 4 is 28.9 Å². The third-order valence-corrected chi connectivity index (χ3v) is 3.80. The quantitative estimate of drug-likeness (QED) is 0.695. The molecular weight excluding hydrogens is 341 g/mol. The summed E-state index contributed by atoms with van der Waals surface area (Å²) in [5.74, 6) is -0.566. The molecule has 25 heavy (non-hydrogen) atoms. The van der Waals surface area contributed by atoms with Crippen LogP contribution in [0.15, 0.2) is 67.0 Å². The summed E-state index contributed by atoms with van der Waals surface area (Å²) in [6.45, 7) is 0.302. The zero-order chi connectivity index (χ0) is 17.6. The molecule has 0 saturated heterocycles. The fraction of sp³-hybridized carbons (Fsp3) is 0.0526. The van der Waals surface area contributed by atoms with Gasteiger partial charge in [0, 0.05) is 35.2 Å². The van der Waals surface area contributed by atoms with Gasteiger partial charge in [-0.2, -0.15) is 0 Å². The third-order valence-electron chi connectivity index (χ3n) is 3.54. The van der Waals surface area contributed by atoms with Gasteiger partial charge < -0.3 is 10.6 Å². The Labute approximate surface area is 149 Å². The van der Waals surface area contributed by atoms with Gasteiger partial charge in [-0.25, -0.2) is 4.39 Å². The molecular formula is C19H15ClFN3O. The van der Waals surface area contributed by atoms with Gasteiger partial charge in [-0.3, -0.25) is 9.78 Å². The molecule has 1 aromatic heterocycles. The number of aromatic nitrogens is 1. The van der Waals surface area contributed by atoms with Gasteiger partial charge in [0.1, 0.15) is 5.82 Å². The molecule has 126 valence electrons. The van der Waals surface area contributed by atoms with Gasteiger partial charge >= 0.3 is 0 Å². The second-order valence-electron chi connectivity index (χ2n) is 5.37. The van der Waals surface area contributed by atoms with Gasteiger partial charge in [-0.05, 0) is 36.4 Å². The Morgan fingerprint density at radius 3 is 2.56 bits per heavy atom. The monoisotopic (exact) mass is 355 g/mol. The number of benzene rings is 2. The Hall–Kier alpha value is -2.92. The number of pyridine rings is 1. The first-order valence-corrected chi connectivity index (χ1v) is 7.99. The van der Waals surface area contributed by atoms with Crippen molar-refractivity contribution < 1.29 is 9.18 Å². The molecule has 3 rings (SSSR count). The second kappa shape index (κ2) is 7.77. The summed E-state index contributed by atoms with van der Waals surface area (Å²) in [5.41, 5.74) is 2.21. The number of anilines is 2. The summed E-state index contributed by atoms with van der Waals surface area (Å²) in [6.07, 6.45) is 3.06. The molecule has 0 unspecified atom stereocenters. The Kier molecular flexibility index (Phi) is 5.26. The minimum Gasteiger partial charge on any atom is -0.380 e. The zero-order valence-corrected chi connectivity index (χ0v) is 13.9. The minimum absolute atomic E-state index is 0.278. The van der Waals surface area contributed by atoms with Crippen LogP contribution >= 0.6 is 11.6 Å². The number of halogens is 2. The lowest BCUT2D eigenvalue weighted by molar-refractivity contribution is 0.102.